The Morgan fingerprint density at radius 3 is 1.31 bits per heavy atom. The van der Waals surface area contributed by atoms with Gasteiger partial charge in [-0.15, -0.1) is 23.5 Å². The Balaban J connectivity index is 1.63. The van der Waals surface area contributed by atoms with Crippen molar-refractivity contribution in [2.45, 2.75) is 67.2 Å². The summed E-state index contributed by atoms with van der Waals surface area (Å²) in [6.45, 7) is 12.3. The van der Waals surface area contributed by atoms with E-state index in [1.165, 1.54) is 24.3 Å². The summed E-state index contributed by atoms with van der Waals surface area (Å²) in [7, 11) is 0. The van der Waals surface area contributed by atoms with Crippen molar-refractivity contribution in [3.63, 3.8) is 0 Å². The van der Waals surface area contributed by atoms with Crippen molar-refractivity contribution in [1.29, 1.82) is 0 Å². The van der Waals surface area contributed by atoms with Crippen LogP contribution in [0.3, 0.4) is 0 Å². The fraction of sp³-hybridized carbons (Fsp3) is 0.273. The molecule has 0 saturated carbocycles. The maximum absolute atomic E-state index is 14.0. The molecular formula is C33H34F2O2S2. The van der Waals surface area contributed by atoms with E-state index in [0.29, 0.717) is 11.1 Å². The first-order valence-corrected chi connectivity index (χ1v) is 14.6. The molecule has 4 aromatic carbocycles. The van der Waals surface area contributed by atoms with E-state index in [0.717, 1.165) is 32.0 Å². The predicted molar refractivity (Wildman–Crippen MR) is 161 cm³/mol. The summed E-state index contributed by atoms with van der Waals surface area (Å²) in [5, 5.41) is 21.4. The van der Waals surface area contributed by atoms with Gasteiger partial charge < -0.3 is 10.2 Å². The lowest BCUT2D eigenvalue weighted by Crippen LogP contribution is -2.08. The van der Waals surface area contributed by atoms with E-state index in [1.54, 1.807) is 47.8 Å². The molecule has 0 atom stereocenters. The van der Waals surface area contributed by atoms with Gasteiger partial charge in [-0.3, -0.25) is 0 Å². The first kappa shape index (κ1) is 29.0. The zero-order chi connectivity index (χ0) is 28.5. The van der Waals surface area contributed by atoms with Gasteiger partial charge in [0.05, 0.1) is 4.08 Å². The fourth-order valence-electron chi connectivity index (χ4n) is 4.69. The third kappa shape index (κ3) is 6.79. The highest BCUT2D eigenvalue weighted by Crippen LogP contribution is 2.48. The summed E-state index contributed by atoms with van der Waals surface area (Å²) in [6, 6.07) is 20.4. The van der Waals surface area contributed by atoms with Gasteiger partial charge in [-0.2, -0.15) is 0 Å². The Hall–Kier alpha value is -2.96. The third-order valence-corrected chi connectivity index (χ3v) is 8.98. The van der Waals surface area contributed by atoms with Crippen molar-refractivity contribution in [1.82, 2.24) is 0 Å². The monoisotopic (exact) mass is 564 g/mol. The molecule has 0 aromatic heterocycles. The van der Waals surface area contributed by atoms with Gasteiger partial charge in [-0.1, -0.05) is 39.8 Å². The van der Waals surface area contributed by atoms with Gasteiger partial charge in [0.2, 0.25) is 0 Å². The predicted octanol–water partition coefficient (Wildman–Crippen LogP) is 10.6. The van der Waals surface area contributed by atoms with Crippen molar-refractivity contribution in [2.75, 3.05) is 0 Å². The molecule has 204 valence electrons. The van der Waals surface area contributed by atoms with Crippen LogP contribution in [0.1, 0.15) is 64.5 Å². The first-order chi connectivity index (χ1) is 18.3. The van der Waals surface area contributed by atoms with E-state index < -0.39 is 0 Å². The average Bonchev–Trinajstić information content (AvgIpc) is 2.86. The second-order valence-electron chi connectivity index (χ2n) is 10.7. The number of halogens is 2. The van der Waals surface area contributed by atoms with Gasteiger partial charge in [0.1, 0.15) is 23.1 Å². The van der Waals surface area contributed by atoms with Crippen molar-refractivity contribution in [3.05, 3.63) is 95.6 Å². The van der Waals surface area contributed by atoms with E-state index in [-0.39, 0.29) is 39.0 Å². The molecule has 0 saturated heterocycles. The van der Waals surface area contributed by atoms with E-state index >= 15 is 0 Å². The molecule has 0 aliphatic carbocycles. The van der Waals surface area contributed by atoms with Gasteiger partial charge in [0.15, 0.2) is 0 Å². The highest BCUT2D eigenvalue weighted by molar-refractivity contribution is 8.18. The zero-order valence-corrected chi connectivity index (χ0v) is 24.7. The van der Waals surface area contributed by atoms with E-state index in [1.807, 2.05) is 52.0 Å². The van der Waals surface area contributed by atoms with Crippen LogP contribution in [0, 0.1) is 11.6 Å². The second kappa shape index (κ2) is 11.6. The lowest BCUT2D eigenvalue weighted by atomic mass is 9.92. The Bertz CT molecular complexity index is 1380. The number of rotatable bonds is 8. The summed E-state index contributed by atoms with van der Waals surface area (Å²) in [6.07, 6.45) is 0. The molecule has 39 heavy (non-hydrogen) atoms. The molecule has 0 radical (unpaired) electrons. The Morgan fingerprint density at radius 2 is 0.949 bits per heavy atom. The van der Waals surface area contributed by atoms with Gasteiger partial charge in [0, 0.05) is 20.9 Å². The number of aromatic hydroxyl groups is 2. The third-order valence-electron chi connectivity index (χ3n) is 6.51. The van der Waals surface area contributed by atoms with Gasteiger partial charge in [-0.05, 0) is 109 Å². The van der Waals surface area contributed by atoms with E-state index in [9.17, 15) is 19.0 Å². The normalized spacial score (nSPS) is 11.9. The van der Waals surface area contributed by atoms with Gasteiger partial charge in [-0.25, -0.2) is 8.78 Å². The second-order valence-corrected chi connectivity index (χ2v) is 14.4. The van der Waals surface area contributed by atoms with Crippen LogP contribution >= 0.6 is 23.5 Å². The quantitative estimate of drug-likeness (QED) is 0.165. The molecule has 4 rings (SSSR count). The number of thioether (sulfide) groups is 2. The summed E-state index contributed by atoms with van der Waals surface area (Å²) >= 11 is 3.31. The summed E-state index contributed by atoms with van der Waals surface area (Å²) in [4.78, 5) is 1.94. The topological polar surface area (TPSA) is 40.5 Å². The largest absolute Gasteiger partial charge is 0.507 e. The summed E-state index contributed by atoms with van der Waals surface area (Å²) in [5.74, 6) is -0.0822. The van der Waals surface area contributed by atoms with Crippen LogP contribution in [0.25, 0.3) is 22.3 Å². The average molecular weight is 565 g/mol. The molecule has 0 spiro atoms. The first-order valence-electron chi connectivity index (χ1n) is 13.0. The minimum absolute atomic E-state index is 0.0967. The lowest BCUT2D eigenvalue weighted by molar-refractivity contribution is 0.476. The maximum atomic E-state index is 14.0. The number of hydrogen-bond acceptors (Lipinski definition) is 4. The zero-order valence-electron chi connectivity index (χ0n) is 23.0. The lowest BCUT2D eigenvalue weighted by Gasteiger charge is -2.25. The molecule has 0 unspecified atom stereocenters. The molecule has 0 bridgehead atoms. The summed E-state index contributed by atoms with van der Waals surface area (Å²) < 4.78 is 27.6. The van der Waals surface area contributed by atoms with Crippen LogP contribution in [-0.2, 0) is 0 Å². The smallest absolute Gasteiger partial charge is 0.123 e. The number of benzene rings is 4. The molecule has 0 heterocycles. The van der Waals surface area contributed by atoms with E-state index in [4.69, 9.17) is 0 Å². The fourth-order valence-corrected chi connectivity index (χ4v) is 7.20. The molecule has 2 N–H and O–H groups in total. The van der Waals surface area contributed by atoms with Crippen LogP contribution in [0.4, 0.5) is 8.78 Å². The molecule has 0 aliphatic rings. The Morgan fingerprint density at radius 1 is 0.564 bits per heavy atom. The number of phenolic OH excluding ortho intramolecular Hbond substituents is 2. The Labute approximate surface area is 238 Å². The molecular weight excluding hydrogens is 530 g/mol. The molecule has 0 fully saturated rings. The molecule has 0 aliphatic heterocycles. The minimum Gasteiger partial charge on any atom is -0.507 e. The number of hydrogen-bond donors (Lipinski definition) is 2. The van der Waals surface area contributed by atoms with Crippen LogP contribution in [-0.4, -0.2) is 14.3 Å². The maximum Gasteiger partial charge on any atom is 0.123 e. The SMILES string of the molecule is CC(C)c1cc(F)ccc1-c1cc(SC(C)(C)Sc2ccc(O)c(-c3ccc(F)cc3C(C)C)c2)ccc1O. The number of phenols is 2. The van der Waals surface area contributed by atoms with Crippen LogP contribution in [0.2, 0.25) is 0 Å². The van der Waals surface area contributed by atoms with E-state index in [2.05, 4.69) is 13.8 Å². The highest BCUT2D eigenvalue weighted by Gasteiger charge is 2.24. The van der Waals surface area contributed by atoms with Crippen LogP contribution < -0.4 is 0 Å². The minimum atomic E-state index is -0.310. The molecule has 6 heteroatoms. The van der Waals surface area contributed by atoms with Crippen molar-refractivity contribution in [3.8, 4) is 33.8 Å². The van der Waals surface area contributed by atoms with Crippen molar-refractivity contribution in [2.24, 2.45) is 0 Å². The standard InChI is InChI=1S/C33H34F2O2S2/c1-19(2)27-15-21(34)7-11-25(27)29-17-23(9-13-31(29)36)38-33(5,6)39-24-10-14-32(37)30(18-24)26-12-8-22(35)16-28(26)20(3)4/h7-20,36-37H,1-6H3. The molecule has 2 nitrogen and oxygen atoms in total. The summed E-state index contributed by atoms with van der Waals surface area (Å²) in [5.41, 5.74) is 4.68. The van der Waals surface area contributed by atoms with Crippen molar-refractivity contribution < 1.29 is 19.0 Å². The highest BCUT2D eigenvalue weighted by atomic mass is 32.2. The Kier molecular flexibility index (Phi) is 8.67. The van der Waals surface area contributed by atoms with Gasteiger partial charge >= 0.3 is 0 Å². The van der Waals surface area contributed by atoms with Gasteiger partial charge in [0.25, 0.3) is 0 Å². The molecule has 4 aromatic rings. The van der Waals surface area contributed by atoms with Crippen molar-refractivity contribution >= 4 is 23.5 Å². The van der Waals surface area contributed by atoms with Crippen LogP contribution in [0.5, 0.6) is 11.5 Å². The van der Waals surface area contributed by atoms with Crippen LogP contribution in [0.15, 0.2) is 82.6 Å². The molecule has 0 amide bonds.